The van der Waals surface area contributed by atoms with E-state index in [4.69, 9.17) is 0 Å². The molecule has 1 atom stereocenters. The van der Waals surface area contributed by atoms with Gasteiger partial charge in [-0.15, -0.1) is 9.60 Å². The monoisotopic (exact) mass is 146 g/mol. The van der Waals surface area contributed by atoms with E-state index >= 15 is 0 Å². The highest BCUT2D eigenvalue weighted by Crippen LogP contribution is 2.14. The summed E-state index contributed by atoms with van der Waals surface area (Å²) in [6.45, 7) is 1.68. The smallest absolute Gasteiger partial charge is 0.0443 e. The van der Waals surface area contributed by atoms with Crippen LogP contribution in [-0.4, -0.2) is 43.2 Å². The maximum absolute atomic E-state index is 12.3. The SMILES string of the molecule is CN(F)CC1CCCN1C. The van der Waals surface area contributed by atoms with Crippen molar-refractivity contribution in [2.24, 2.45) is 0 Å². The molecule has 1 heterocycles. The van der Waals surface area contributed by atoms with Crippen molar-refractivity contribution in [2.45, 2.75) is 18.9 Å². The number of likely N-dealkylation sites (N-methyl/N-ethyl adjacent to an activating group) is 2. The number of hydrogen-bond donors (Lipinski definition) is 0. The highest BCUT2D eigenvalue weighted by Gasteiger charge is 2.21. The Morgan fingerprint density at radius 3 is 2.80 bits per heavy atom. The van der Waals surface area contributed by atoms with Crippen molar-refractivity contribution in [3.63, 3.8) is 0 Å². The molecule has 3 heteroatoms. The lowest BCUT2D eigenvalue weighted by atomic mass is 10.2. The maximum Gasteiger partial charge on any atom is 0.0443 e. The molecule has 0 radical (unpaired) electrons. The van der Waals surface area contributed by atoms with Crippen molar-refractivity contribution >= 4 is 0 Å². The molecule has 2 nitrogen and oxygen atoms in total. The molecule has 1 rings (SSSR count). The van der Waals surface area contributed by atoms with Crippen LogP contribution in [0.1, 0.15) is 12.8 Å². The molecule has 1 fully saturated rings. The summed E-state index contributed by atoms with van der Waals surface area (Å²) in [4.78, 5) is 2.22. The molecule has 0 bridgehead atoms. The van der Waals surface area contributed by atoms with Crippen molar-refractivity contribution in [1.82, 2.24) is 10.0 Å². The third-order valence-electron chi connectivity index (χ3n) is 2.13. The summed E-state index contributed by atoms with van der Waals surface area (Å²) in [6, 6.07) is 0.440. The first kappa shape index (κ1) is 7.95. The van der Waals surface area contributed by atoms with Gasteiger partial charge in [-0.3, -0.25) is 0 Å². The van der Waals surface area contributed by atoms with E-state index in [2.05, 4.69) is 11.9 Å². The second kappa shape index (κ2) is 3.30. The van der Waals surface area contributed by atoms with Crippen molar-refractivity contribution in [2.75, 3.05) is 27.2 Å². The number of halogens is 1. The van der Waals surface area contributed by atoms with Gasteiger partial charge < -0.3 is 4.90 Å². The Bertz CT molecular complexity index is 106. The van der Waals surface area contributed by atoms with E-state index in [0.717, 1.165) is 18.1 Å². The van der Waals surface area contributed by atoms with Gasteiger partial charge in [-0.05, 0) is 26.4 Å². The summed E-state index contributed by atoms with van der Waals surface area (Å²) >= 11 is 0. The van der Waals surface area contributed by atoms with E-state index in [1.807, 2.05) is 0 Å². The number of likely N-dealkylation sites (tertiary alicyclic amines) is 1. The highest BCUT2D eigenvalue weighted by atomic mass is 19.2. The molecular weight excluding hydrogens is 131 g/mol. The molecular formula is C7H15FN2. The van der Waals surface area contributed by atoms with Gasteiger partial charge in [0.1, 0.15) is 0 Å². The topological polar surface area (TPSA) is 6.48 Å². The summed E-state index contributed by atoms with van der Waals surface area (Å²) < 4.78 is 12.3. The lowest BCUT2D eigenvalue weighted by molar-refractivity contribution is 0.0354. The van der Waals surface area contributed by atoms with Crippen LogP contribution in [0.3, 0.4) is 0 Å². The fourth-order valence-corrected chi connectivity index (χ4v) is 1.50. The van der Waals surface area contributed by atoms with Gasteiger partial charge in [0.2, 0.25) is 0 Å². The first-order valence-electron chi connectivity index (χ1n) is 3.77. The van der Waals surface area contributed by atoms with Crippen molar-refractivity contribution < 1.29 is 4.48 Å². The normalized spacial score (nSPS) is 28.2. The second-order valence-corrected chi connectivity index (χ2v) is 3.06. The molecule has 0 spiro atoms. The minimum absolute atomic E-state index is 0.440. The molecule has 1 aliphatic heterocycles. The quantitative estimate of drug-likeness (QED) is 0.534. The highest BCUT2D eigenvalue weighted by molar-refractivity contribution is 4.76. The summed E-state index contributed by atoms with van der Waals surface area (Å²) in [5.41, 5.74) is 0. The fourth-order valence-electron chi connectivity index (χ4n) is 1.50. The zero-order chi connectivity index (χ0) is 7.56. The molecule has 0 aromatic rings. The summed E-state index contributed by atoms with van der Waals surface area (Å²) in [7, 11) is 3.54. The van der Waals surface area contributed by atoms with Gasteiger partial charge in [0.25, 0.3) is 0 Å². The van der Waals surface area contributed by atoms with Crippen LogP contribution in [-0.2, 0) is 0 Å². The molecule has 0 aromatic carbocycles. The summed E-state index contributed by atoms with van der Waals surface area (Å²) in [5, 5.41) is 0.770. The van der Waals surface area contributed by atoms with Crippen molar-refractivity contribution in [3.8, 4) is 0 Å². The van der Waals surface area contributed by atoms with Crippen LogP contribution >= 0.6 is 0 Å². The molecule has 0 aliphatic carbocycles. The number of nitrogens with zero attached hydrogens (tertiary/aromatic N) is 2. The molecule has 1 unspecified atom stereocenters. The Hall–Kier alpha value is -0.150. The van der Waals surface area contributed by atoms with Crippen LogP contribution in [0.4, 0.5) is 4.48 Å². The van der Waals surface area contributed by atoms with Gasteiger partial charge in [-0.2, -0.15) is 0 Å². The third kappa shape index (κ3) is 1.92. The van der Waals surface area contributed by atoms with Crippen LogP contribution in [0, 0.1) is 0 Å². The molecule has 60 valence electrons. The van der Waals surface area contributed by atoms with Gasteiger partial charge in [0.15, 0.2) is 0 Å². The van der Waals surface area contributed by atoms with Gasteiger partial charge in [0, 0.05) is 19.6 Å². The Labute approximate surface area is 61.5 Å². The first-order chi connectivity index (χ1) is 4.70. The van der Waals surface area contributed by atoms with E-state index in [1.165, 1.54) is 13.5 Å². The van der Waals surface area contributed by atoms with Crippen LogP contribution in [0.15, 0.2) is 0 Å². The zero-order valence-corrected chi connectivity index (χ0v) is 6.68. The maximum atomic E-state index is 12.3. The zero-order valence-electron chi connectivity index (χ0n) is 6.68. The molecule has 0 saturated carbocycles. The minimum atomic E-state index is 0.440. The van der Waals surface area contributed by atoms with Gasteiger partial charge in [-0.25, -0.2) is 0 Å². The molecule has 0 N–H and O–H groups in total. The van der Waals surface area contributed by atoms with E-state index < -0.39 is 0 Å². The standard InChI is InChI=1S/C7H15FN2/c1-9-5-3-4-7(9)6-10(2)8/h7H,3-6H2,1-2H3. The van der Waals surface area contributed by atoms with Crippen LogP contribution in [0.2, 0.25) is 0 Å². The van der Waals surface area contributed by atoms with Crippen LogP contribution in [0.5, 0.6) is 0 Å². The van der Waals surface area contributed by atoms with Crippen molar-refractivity contribution in [3.05, 3.63) is 0 Å². The van der Waals surface area contributed by atoms with Gasteiger partial charge >= 0.3 is 0 Å². The fraction of sp³-hybridized carbons (Fsp3) is 1.00. The lowest BCUT2D eigenvalue weighted by Crippen LogP contribution is -2.33. The van der Waals surface area contributed by atoms with Crippen LogP contribution in [0.25, 0.3) is 0 Å². The van der Waals surface area contributed by atoms with Gasteiger partial charge in [0.05, 0.1) is 0 Å². The minimum Gasteiger partial charge on any atom is -0.302 e. The average Bonchev–Trinajstić information content (AvgIpc) is 2.15. The average molecular weight is 146 g/mol. The van der Waals surface area contributed by atoms with E-state index in [-0.39, 0.29) is 0 Å². The Balaban J connectivity index is 2.26. The third-order valence-corrected chi connectivity index (χ3v) is 2.13. The number of hydrogen-bond acceptors (Lipinski definition) is 2. The van der Waals surface area contributed by atoms with E-state index in [9.17, 15) is 4.48 Å². The second-order valence-electron chi connectivity index (χ2n) is 3.06. The molecule has 1 aliphatic rings. The van der Waals surface area contributed by atoms with E-state index in [1.54, 1.807) is 0 Å². The summed E-state index contributed by atoms with van der Waals surface area (Å²) in [5.74, 6) is 0. The Morgan fingerprint density at radius 1 is 1.70 bits per heavy atom. The van der Waals surface area contributed by atoms with Crippen LogP contribution < -0.4 is 0 Å². The molecule has 0 aromatic heterocycles. The first-order valence-corrected chi connectivity index (χ1v) is 3.77. The molecule has 10 heavy (non-hydrogen) atoms. The molecule has 0 amide bonds. The summed E-state index contributed by atoms with van der Waals surface area (Å²) in [6.07, 6.45) is 2.36. The van der Waals surface area contributed by atoms with Crippen molar-refractivity contribution in [1.29, 1.82) is 0 Å². The Kier molecular flexibility index (Phi) is 2.63. The number of rotatable bonds is 2. The predicted molar refractivity (Wildman–Crippen MR) is 39.4 cm³/mol. The Morgan fingerprint density at radius 2 is 2.40 bits per heavy atom. The largest absolute Gasteiger partial charge is 0.302 e. The van der Waals surface area contributed by atoms with E-state index in [0.29, 0.717) is 12.6 Å². The van der Waals surface area contributed by atoms with Gasteiger partial charge in [-0.1, -0.05) is 0 Å². The molecule has 1 saturated heterocycles. The predicted octanol–water partition coefficient (Wildman–Crippen LogP) is 0.897. The lowest BCUT2D eigenvalue weighted by Gasteiger charge is -2.20.